The van der Waals surface area contributed by atoms with Crippen LogP contribution in [0.3, 0.4) is 0 Å². The van der Waals surface area contributed by atoms with Gasteiger partial charge in [-0.15, -0.1) is 0 Å². The summed E-state index contributed by atoms with van der Waals surface area (Å²) in [5.74, 6) is 0.366. The van der Waals surface area contributed by atoms with E-state index >= 15 is 0 Å². The zero-order valence-electron chi connectivity index (χ0n) is 20.7. The van der Waals surface area contributed by atoms with Gasteiger partial charge in [-0.25, -0.2) is 4.79 Å². The molecule has 2 aromatic carbocycles. The van der Waals surface area contributed by atoms with Gasteiger partial charge in [0.15, 0.2) is 5.78 Å². The van der Waals surface area contributed by atoms with E-state index in [-0.39, 0.29) is 17.8 Å². The molecule has 0 bridgehead atoms. The van der Waals surface area contributed by atoms with Crippen LogP contribution in [0.2, 0.25) is 5.02 Å². The summed E-state index contributed by atoms with van der Waals surface area (Å²) in [7, 11) is 2.96. The average Bonchev–Trinajstić information content (AvgIpc) is 2.81. The molecular weight excluding hydrogens is 466 g/mol. The molecule has 2 aromatic rings. The number of allylic oxidation sites excluding steroid dienone is 3. The van der Waals surface area contributed by atoms with Gasteiger partial charge >= 0.3 is 5.97 Å². The first-order valence-electron chi connectivity index (χ1n) is 11.5. The van der Waals surface area contributed by atoms with Crippen LogP contribution < -0.4 is 14.8 Å². The molecule has 1 heterocycles. The number of hydrogen-bond acceptors (Lipinski definition) is 6. The van der Waals surface area contributed by atoms with Gasteiger partial charge in [-0.1, -0.05) is 31.5 Å². The molecule has 1 aliphatic carbocycles. The zero-order chi connectivity index (χ0) is 25.3. The topological polar surface area (TPSA) is 73.9 Å². The molecule has 0 radical (unpaired) electrons. The van der Waals surface area contributed by atoms with Crippen LogP contribution >= 0.6 is 11.6 Å². The third-order valence-electron chi connectivity index (χ3n) is 6.49. The highest BCUT2D eigenvalue weighted by Crippen LogP contribution is 2.47. The van der Waals surface area contributed by atoms with Crippen LogP contribution in [-0.4, -0.2) is 26.0 Å². The Balaban J connectivity index is 1.78. The summed E-state index contributed by atoms with van der Waals surface area (Å²) in [6, 6.07) is 12.8. The summed E-state index contributed by atoms with van der Waals surface area (Å²) >= 11 is 5.98. The molecule has 0 spiro atoms. The van der Waals surface area contributed by atoms with Crippen molar-refractivity contribution >= 4 is 23.4 Å². The second kappa shape index (κ2) is 9.78. The summed E-state index contributed by atoms with van der Waals surface area (Å²) in [6.07, 6.45) is 1.14. The number of Topliss-reactive ketones (excluding diaryl/α,β-unsaturated/α-hetero) is 1. The summed E-state index contributed by atoms with van der Waals surface area (Å²) in [5, 5.41) is 3.96. The Morgan fingerprint density at radius 1 is 1.11 bits per heavy atom. The number of halogens is 1. The molecular formula is C28H30ClNO5. The SMILES string of the molecule is COC(=O)C1=C(C)NC2=C(C(=O)CC(C)(C)C2)C1c1ccc(OC)c(COc2ccc(Cl)cc2)c1. The highest BCUT2D eigenvalue weighted by Gasteiger charge is 2.43. The molecule has 184 valence electrons. The number of carbonyl (C=O) groups is 2. The average molecular weight is 496 g/mol. The maximum Gasteiger partial charge on any atom is 0.336 e. The van der Waals surface area contributed by atoms with Crippen molar-refractivity contribution < 1.29 is 23.8 Å². The maximum absolute atomic E-state index is 13.4. The minimum absolute atomic E-state index is 0.0393. The molecule has 6 nitrogen and oxygen atoms in total. The van der Waals surface area contributed by atoms with Crippen molar-refractivity contribution in [2.24, 2.45) is 5.41 Å². The lowest BCUT2D eigenvalue weighted by molar-refractivity contribution is -0.136. The predicted octanol–water partition coefficient (Wildman–Crippen LogP) is 5.70. The Labute approximate surface area is 210 Å². The summed E-state index contributed by atoms with van der Waals surface area (Å²) < 4.78 is 16.7. The Kier molecular flexibility index (Phi) is 6.95. The number of benzene rings is 2. The van der Waals surface area contributed by atoms with E-state index in [0.717, 1.165) is 23.2 Å². The first kappa shape index (κ1) is 24.9. The predicted molar refractivity (Wildman–Crippen MR) is 134 cm³/mol. The lowest BCUT2D eigenvalue weighted by atomic mass is 9.68. The third-order valence-corrected chi connectivity index (χ3v) is 6.74. The summed E-state index contributed by atoms with van der Waals surface area (Å²) in [4.78, 5) is 26.3. The smallest absolute Gasteiger partial charge is 0.336 e. The van der Waals surface area contributed by atoms with Crippen molar-refractivity contribution in [3.8, 4) is 11.5 Å². The normalized spacial score (nSPS) is 19.1. The Morgan fingerprint density at radius 2 is 1.83 bits per heavy atom. The number of rotatable bonds is 6. The first-order chi connectivity index (χ1) is 16.6. The minimum Gasteiger partial charge on any atom is -0.496 e. The van der Waals surface area contributed by atoms with Crippen LogP contribution in [0.4, 0.5) is 0 Å². The van der Waals surface area contributed by atoms with Crippen LogP contribution in [0.5, 0.6) is 11.5 Å². The number of methoxy groups -OCH3 is 2. The van der Waals surface area contributed by atoms with Gasteiger partial charge in [-0.05, 0) is 60.7 Å². The quantitative estimate of drug-likeness (QED) is 0.518. The van der Waals surface area contributed by atoms with Crippen LogP contribution in [0.15, 0.2) is 65.0 Å². The number of esters is 1. The molecule has 1 aliphatic heterocycles. The number of hydrogen-bond donors (Lipinski definition) is 1. The van der Waals surface area contributed by atoms with E-state index in [2.05, 4.69) is 19.2 Å². The summed E-state index contributed by atoms with van der Waals surface area (Å²) in [6.45, 7) is 6.26. The molecule has 35 heavy (non-hydrogen) atoms. The minimum atomic E-state index is -0.539. The van der Waals surface area contributed by atoms with E-state index < -0.39 is 11.9 Å². The maximum atomic E-state index is 13.4. The molecule has 7 heteroatoms. The molecule has 4 rings (SSSR count). The zero-order valence-corrected chi connectivity index (χ0v) is 21.4. The van der Waals surface area contributed by atoms with Crippen LogP contribution in [-0.2, 0) is 20.9 Å². The van der Waals surface area contributed by atoms with E-state index in [1.807, 2.05) is 25.1 Å². The molecule has 0 saturated heterocycles. The van der Waals surface area contributed by atoms with Crippen molar-refractivity contribution in [1.29, 1.82) is 0 Å². The van der Waals surface area contributed by atoms with Crippen LogP contribution in [0.1, 0.15) is 50.7 Å². The fourth-order valence-electron chi connectivity index (χ4n) is 4.93. The van der Waals surface area contributed by atoms with Crippen molar-refractivity contribution in [3.05, 3.63) is 81.2 Å². The lowest BCUT2D eigenvalue weighted by Gasteiger charge is -2.39. The van der Waals surface area contributed by atoms with Crippen molar-refractivity contribution in [3.63, 3.8) is 0 Å². The lowest BCUT2D eigenvalue weighted by Crippen LogP contribution is -2.38. The molecule has 2 aliphatic rings. The second-order valence-electron chi connectivity index (χ2n) is 9.74. The van der Waals surface area contributed by atoms with Gasteiger partial charge < -0.3 is 19.5 Å². The van der Waals surface area contributed by atoms with Gasteiger partial charge in [0.2, 0.25) is 0 Å². The monoisotopic (exact) mass is 495 g/mol. The van der Waals surface area contributed by atoms with Crippen molar-refractivity contribution in [2.75, 3.05) is 14.2 Å². The van der Waals surface area contributed by atoms with Gasteiger partial charge in [0.25, 0.3) is 0 Å². The van der Waals surface area contributed by atoms with Gasteiger partial charge in [-0.2, -0.15) is 0 Å². The number of dihydropyridines is 1. The fourth-order valence-corrected chi connectivity index (χ4v) is 5.06. The van der Waals surface area contributed by atoms with E-state index in [4.69, 9.17) is 25.8 Å². The Hall–Kier alpha value is -3.25. The largest absolute Gasteiger partial charge is 0.496 e. The molecule has 0 saturated carbocycles. The molecule has 0 amide bonds. The van der Waals surface area contributed by atoms with E-state index in [1.165, 1.54) is 7.11 Å². The van der Waals surface area contributed by atoms with Gasteiger partial charge in [-0.3, -0.25) is 4.79 Å². The number of nitrogens with one attached hydrogen (secondary N) is 1. The van der Waals surface area contributed by atoms with Crippen LogP contribution in [0, 0.1) is 5.41 Å². The highest BCUT2D eigenvalue weighted by atomic mass is 35.5. The molecule has 1 atom stereocenters. The van der Waals surface area contributed by atoms with Gasteiger partial charge in [0.1, 0.15) is 18.1 Å². The fraction of sp³-hybridized carbons (Fsp3) is 0.357. The molecule has 1 N–H and O–H groups in total. The number of ketones is 1. The second-order valence-corrected chi connectivity index (χ2v) is 10.2. The van der Waals surface area contributed by atoms with Crippen molar-refractivity contribution in [1.82, 2.24) is 5.32 Å². The standard InChI is InChI=1S/C28H30ClNO5/c1-16-24(27(32)34-5)25(26-21(30-16)13-28(2,3)14-22(26)31)17-6-11-23(33-4)18(12-17)15-35-20-9-7-19(29)8-10-20/h6-12,25,30H,13-15H2,1-5H3. The van der Waals surface area contributed by atoms with Crippen LogP contribution in [0.25, 0.3) is 0 Å². The Morgan fingerprint density at radius 3 is 2.49 bits per heavy atom. The Bertz CT molecular complexity index is 1230. The summed E-state index contributed by atoms with van der Waals surface area (Å²) in [5.41, 5.74) is 4.08. The van der Waals surface area contributed by atoms with E-state index in [1.54, 1.807) is 31.4 Å². The molecule has 0 fully saturated rings. The van der Waals surface area contributed by atoms with Gasteiger partial charge in [0, 0.05) is 39.9 Å². The first-order valence-corrected chi connectivity index (χ1v) is 11.9. The number of carbonyl (C=O) groups excluding carboxylic acids is 2. The van der Waals surface area contributed by atoms with Crippen molar-refractivity contribution in [2.45, 2.75) is 46.1 Å². The highest BCUT2D eigenvalue weighted by molar-refractivity contribution is 6.30. The molecule has 1 unspecified atom stereocenters. The van der Waals surface area contributed by atoms with E-state index in [0.29, 0.717) is 39.8 Å². The third kappa shape index (κ3) is 5.08. The molecule has 0 aromatic heterocycles. The van der Waals surface area contributed by atoms with Gasteiger partial charge in [0.05, 0.1) is 19.8 Å². The number of ether oxygens (including phenoxy) is 3. The van der Waals surface area contributed by atoms with E-state index in [9.17, 15) is 9.59 Å².